The molecule has 0 aromatic heterocycles. The Labute approximate surface area is 485 Å². The molecule has 8 amide bonds. The summed E-state index contributed by atoms with van der Waals surface area (Å²) in [6.07, 6.45) is 6.46. The van der Waals surface area contributed by atoms with Gasteiger partial charge in [-0.25, -0.2) is 0 Å². The lowest BCUT2D eigenvalue weighted by molar-refractivity contribution is -0.203. The number of carbonyl (C=O) groups excluding carboxylic acids is 11. The molecular formula is C55H78ClN7O20. The fraction of sp³-hybridized carbons (Fsp3) is 0.673. The SMILES string of the molecule is CCC(=O)O[C@]1(C(=O)COCNC(=O)CNC(=O)CNC(=O)[C@H](CCC(=O)O)NC(=O)CNC(=O)CCOCCOCCOCCOCCNC(=O)CCN2C(=O)C=CC2=O)[C@@H](C)CC2[C@@H]3CCC4=CC(=O)C=C[C@]4(C)[C@@]3(Cl)[C@@H](O)C[C@@]21C. The van der Waals surface area contributed by atoms with Gasteiger partial charge in [-0.3, -0.25) is 62.4 Å². The van der Waals surface area contributed by atoms with Crippen LogP contribution in [0.2, 0.25) is 0 Å². The molecule has 0 bridgehead atoms. The van der Waals surface area contributed by atoms with Crippen LogP contribution in [0.3, 0.4) is 0 Å². The first-order chi connectivity index (χ1) is 39.4. The highest BCUT2D eigenvalue weighted by atomic mass is 35.5. The molecule has 1 aliphatic heterocycles. The summed E-state index contributed by atoms with van der Waals surface area (Å²) in [5.41, 5.74) is -2.81. The van der Waals surface area contributed by atoms with Gasteiger partial charge in [-0.15, -0.1) is 11.6 Å². The number of carbonyl (C=O) groups is 12. The molecule has 28 heteroatoms. The lowest BCUT2D eigenvalue weighted by Crippen LogP contribution is -2.69. The number of nitrogens with zero attached hydrogens (tertiary/aromatic N) is 1. The number of ketones is 2. The fourth-order valence-corrected chi connectivity index (χ4v) is 12.3. The third-order valence-corrected chi connectivity index (χ3v) is 16.9. The number of carboxylic acid groups (broad SMARTS) is 1. The van der Waals surface area contributed by atoms with Crippen molar-refractivity contribution in [1.29, 1.82) is 0 Å². The molecule has 4 aliphatic carbocycles. The van der Waals surface area contributed by atoms with E-state index in [2.05, 4.69) is 31.9 Å². The molecule has 0 aromatic rings. The van der Waals surface area contributed by atoms with Crippen LogP contribution in [0.15, 0.2) is 36.0 Å². The van der Waals surface area contributed by atoms with Crippen molar-refractivity contribution in [1.82, 2.24) is 36.8 Å². The molecule has 3 fully saturated rings. The largest absolute Gasteiger partial charge is 0.481 e. The summed E-state index contributed by atoms with van der Waals surface area (Å²) in [5, 5.41) is 35.6. The molecule has 0 saturated heterocycles. The number of aliphatic hydroxyl groups excluding tert-OH is 1. The number of Topliss-reactive ketones (excluding diaryl/α,β-unsaturated/α-hetero) is 1. The van der Waals surface area contributed by atoms with Crippen molar-refractivity contribution in [2.75, 3.05) is 98.9 Å². The van der Waals surface area contributed by atoms with Crippen LogP contribution in [0.25, 0.3) is 0 Å². The second kappa shape index (κ2) is 31.4. The molecule has 8 N–H and O–H groups in total. The van der Waals surface area contributed by atoms with E-state index >= 15 is 0 Å². The van der Waals surface area contributed by atoms with E-state index in [1.807, 2.05) is 20.8 Å². The second-order valence-electron chi connectivity index (χ2n) is 21.3. The average molecular weight is 1190 g/mol. The summed E-state index contributed by atoms with van der Waals surface area (Å²) in [7, 11) is 0. The van der Waals surface area contributed by atoms with Gasteiger partial charge < -0.3 is 70.5 Å². The lowest BCUT2D eigenvalue weighted by Gasteiger charge is -2.64. The standard InChI is InChI=1S/C55H78ClN7O20/c1-5-50(76)83-55(34(2)26-38-37-7-6-35-27-36(64)12-15-52(35,3)54(37,56)40(65)28-53(38,55)4)41(66)32-82-33-61-45(70)29-59-44(69)30-60-51(77)39(8-11-49(74)75)62-46(71)31-58-43(68)14-18-78-20-22-80-24-25-81-23-21-79-19-16-57-42(67)13-17-63-47(72)9-10-48(63)73/h9-10,12,15,27,34,37-40,65H,5-8,11,13-14,16-26,28-33H2,1-4H3,(H,57,67)(H,58,68)(H,59,69)(H,60,77)(H,61,70)(H,62,71)(H,74,75)/t34-,37-,38?,39-,40-,52-,53-,54-,55-/m0/s1. The van der Waals surface area contributed by atoms with Crippen molar-refractivity contribution in [3.05, 3.63) is 36.0 Å². The Bertz CT molecular complexity index is 2510. The van der Waals surface area contributed by atoms with E-state index in [9.17, 15) is 67.7 Å². The third-order valence-electron chi connectivity index (χ3n) is 16.0. The minimum Gasteiger partial charge on any atom is -0.481 e. The maximum absolute atomic E-state index is 14.5. The number of nitrogens with one attached hydrogen (secondary N) is 6. The lowest BCUT2D eigenvalue weighted by atomic mass is 9.45. The van der Waals surface area contributed by atoms with Crippen molar-refractivity contribution >= 4 is 82.4 Å². The number of alkyl halides is 1. The van der Waals surface area contributed by atoms with Crippen LogP contribution < -0.4 is 31.9 Å². The number of fused-ring (bicyclic) bond motifs is 5. The molecule has 1 heterocycles. The number of ether oxygens (including phenoxy) is 6. The molecule has 5 rings (SSSR count). The van der Waals surface area contributed by atoms with Crippen molar-refractivity contribution in [3.63, 3.8) is 0 Å². The maximum Gasteiger partial charge on any atom is 0.306 e. The van der Waals surface area contributed by atoms with Crippen molar-refractivity contribution in [2.45, 2.75) is 108 Å². The Morgan fingerprint density at radius 1 is 0.723 bits per heavy atom. The Hall–Kier alpha value is -6.49. The number of allylic oxidation sites excluding steroid dienone is 4. The molecule has 27 nitrogen and oxygen atoms in total. The van der Waals surface area contributed by atoms with Gasteiger partial charge in [-0.05, 0) is 56.1 Å². The van der Waals surface area contributed by atoms with Crippen molar-refractivity contribution in [3.8, 4) is 0 Å². The molecule has 3 saturated carbocycles. The highest BCUT2D eigenvalue weighted by Crippen LogP contribution is 2.72. The smallest absolute Gasteiger partial charge is 0.306 e. The predicted octanol–water partition coefficient (Wildman–Crippen LogP) is -1.19. The van der Waals surface area contributed by atoms with Crippen LogP contribution in [-0.2, 0) is 86.0 Å². The molecule has 83 heavy (non-hydrogen) atoms. The van der Waals surface area contributed by atoms with Crippen LogP contribution >= 0.6 is 11.6 Å². The zero-order valence-electron chi connectivity index (χ0n) is 47.3. The number of aliphatic carboxylic acids is 1. The van der Waals surface area contributed by atoms with Crippen LogP contribution in [-0.4, -0.2) is 207 Å². The summed E-state index contributed by atoms with van der Waals surface area (Å²) >= 11 is 7.58. The molecule has 460 valence electrons. The first-order valence-corrected chi connectivity index (χ1v) is 28.1. The van der Waals surface area contributed by atoms with Crippen molar-refractivity contribution < 1.29 is 96.2 Å². The minimum absolute atomic E-state index is 0.00232. The van der Waals surface area contributed by atoms with Gasteiger partial charge in [0.05, 0.1) is 83.5 Å². The molecule has 9 atom stereocenters. The molecule has 5 aliphatic rings. The van der Waals surface area contributed by atoms with Gasteiger partial charge in [-0.1, -0.05) is 39.3 Å². The number of rotatable bonds is 36. The highest BCUT2D eigenvalue weighted by molar-refractivity contribution is 6.26. The average Bonchev–Trinajstić information content (AvgIpc) is 1.68. The number of amides is 8. The van der Waals surface area contributed by atoms with Gasteiger partial charge in [0.15, 0.2) is 11.4 Å². The summed E-state index contributed by atoms with van der Waals surface area (Å²) in [6, 6.07) is -1.41. The number of esters is 1. The van der Waals surface area contributed by atoms with Crippen LogP contribution in [0.1, 0.15) is 85.5 Å². The fourth-order valence-electron chi connectivity index (χ4n) is 11.8. The van der Waals surface area contributed by atoms with Gasteiger partial charge in [0.25, 0.3) is 11.8 Å². The maximum atomic E-state index is 14.5. The van der Waals surface area contributed by atoms with Gasteiger partial charge >= 0.3 is 11.9 Å². The predicted molar refractivity (Wildman–Crippen MR) is 290 cm³/mol. The van der Waals surface area contributed by atoms with Gasteiger partial charge in [0, 0.05) is 67.7 Å². The third kappa shape index (κ3) is 17.3. The normalized spacial score (nSPS) is 26.2. The first-order valence-electron chi connectivity index (χ1n) is 27.8. The molecule has 1 unspecified atom stereocenters. The van der Waals surface area contributed by atoms with Crippen LogP contribution in [0, 0.1) is 28.6 Å². The molecular weight excluding hydrogens is 1110 g/mol. The van der Waals surface area contributed by atoms with E-state index in [1.54, 1.807) is 19.1 Å². The first kappa shape index (κ1) is 67.3. The summed E-state index contributed by atoms with van der Waals surface area (Å²) in [4.78, 5) is 149. The molecule has 0 spiro atoms. The van der Waals surface area contributed by atoms with Gasteiger partial charge in [-0.2, -0.15) is 0 Å². The summed E-state index contributed by atoms with van der Waals surface area (Å²) in [5.74, 6) is -8.80. The highest BCUT2D eigenvalue weighted by Gasteiger charge is 2.76. The zero-order valence-corrected chi connectivity index (χ0v) is 48.1. The number of aliphatic hydroxyl groups is 1. The molecule has 0 radical (unpaired) electrons. The van der Waals surface area contributed by atoms with E-state index < -0.39 is 138 Å². The summed E-state index contributed by atoms with van der Waals surface area (Å²) < 4.78 is 33.4. The second-order valence-corrected chi connectivity index (χ2v) is 21.9. The van der Waals surface area contributed by atoms with Gasteiger partial charge in [0.2, 0.25) is 41.2 Å². The quantitative estimate of drug-likeness (QED) is 0.0120. The van der Waals surface area contributed by atoms with E-state index in [0.29, 0.717) is 19.3 Å². The minimum atomic E-state index is -1.72. The van der Waals surface area contributed by atoms with Gasteiger partial charge in [0.1, 0.15) is 19.4 Å². The number of imide groups is 1. The Morgan fingerprint density at radius 3 is 1.96 bits per heavy atom. The van der Waals surface area contributed by atoms with E-state index in [0.717, 1.165) is 22.6 Å². The summed E-state index contributed by atoms with van der Waals surface area (Å²) in [6.45, 7) is 6.22. The van der Waals surface area contributed by atoms with Crippen molar-refractivity contribution in [2.24, 2.45) is 28.6 Å². The van der Waals surface area contributed by atoms with E-state index in [-0.39, 0.29) is 122 Å². The van der Waals surface area contributed by atoms with Crippen LogP contribution in [0.4, 0.5) is 0 Å². The monoisotopic (exact) mass is 1190 g/mol. The van der Waals surface area contributed by atoms with E-state index in [1.165, 1.54) is 6.08 Å². The number of carboxylic acids is 1. The Balaban J connectivity index is 0.923. The topological polar surface area (TPSA) is 376 Å². The Kier molecular flexibility index (Phi) is 25.5. The number of halogens is 1. The number of hydrogen-bond acceptors (Lipinski definition) is 19. The van der Waals surface area contributed by atoms with E-state index in [4.69, 9.17) is 40.0 Å². The van der Waals surface area contributed by atoms with Crippen LogP contribution in [0.5, 0.6) is 0 Å². The number of hydrogen-bond donors (Lipinski definition) is 8. The zero-order chi connectivity index (χ0) is 61.0. The Morgan fingerprint density at radius 2 is 1.31 bits per heavy atom. The molecule has 0 aromatic carbocycles.